The van der Waals surface area contributed by atoms with Crippen LogP contribution in [0.5, 0.6) is 0 Å². The summed E-state index contributed by atoms with van der Waals surface area (Å²) in [5.74, 6) is 1.90. The lowest BCUT2D eigenvalue weighted by Crippen LogP contribution is -2.42. The van der Waals surface area contributed by atoms with Gasteiger partial charge in [0.2, 0.25) is 0 Å². The monoisotopic (exact) mass is 278 g/mol. The lowest BCUT2D eigenvalue weighted by molar-refractivity contribution is 0.155. The second-order valence-electron chi connectivity index (χ2n) is 6.41. The van der Waals surface area contributed by atoms with Gasteiger partial charge in [0.25, 0.3) is 0 Å². The summed E-state index contributed by atoms with van der Waals surface area (Å²) in [5.41, 5.74) is 7.91. The highest BCUT2D eigenvalue weighted by molar-refractivity contribution is 7.07. The Balaban J connectivity index is 1.76. The molecule has 0 bridgehead atoms. The van der Waals surface area contributed by atoms with E-state index in [1.807, 2.05) is 0 Å². The van der Waals surface area contributed by atoms with Crippen LogP contribution >= 0.6 is 11.3 Å². The SMILES string of the molecule is CCC(N)C(c1ccsc1)N(CC1CC1)CC1CC1. The Morgan fingerprint density at radius 2 is 1.89 bits per heavy atom. The summed E-state index contributed by atoms with van der Waals surface area (Å²) in [5, 5.41) is 4.49. The van der Waals surface area contributed by atoms with Crippen LogP contribution in [0, 0.1) is 11.8 Å². The van der Waals surface area contributed by atoms with Crippen molar-refractivity contribution in [2.45, 2.75) is 51.1 Å². The van der Waals surface area contributed by atoms with Gasteiger partial charge in [0.05, 0.1) is 6.04 Å². The van der Waals surface area contributed by atoms with Crippen LogP contribution in [-0.4, -0.2) is 24.0 Å². The van der Waals surface area contributed by atoms with E-state index in [0.29, 0.717) is 6.04 Å². The second kappa shape index (κ2) is 5.94. The maximum Gasteiger partial charge on any atom is 0.0507 e. The summed E-state index contributed by atoms with van der Waals surface area (Å²) in [6.07, 6.45) is 6.78. The Kier molecular flexibility index (Phi) is 4.25. The minimum absolute atomic E-state index is 0.270. The number of hydrogen-bond acceptors (Lipinski definition) is 3. The molecule has 2 saturated carbocycles. The van der Waals surface area contributed by atoms with E-state index in [1.165, 1.54) is 44.3 Å². The maximum absolute atomic E-state index is 6.46. The van der Waals surface area contributed by atoms with Crippen LogP contribution in [0.3, 0.4) is 0 Å². The first-order valence-electron chi connectivity index (χ1n) is 7.79. The normalized spacial score (nSPS) is 22.7. The molecule has 0 radical (unpaired) electrons. The molecule has 1 aromatic rings. The lowest BCUT2D eigenvalue weighted by Gasteiger charge is -2.35. The van der Waals surface area contributed by atoms with Crippen molar-refractivity contribution >= 4 is 11.3 Å². The lowest BCUT2D eigenvalue weighted by atomic mass is 9.98. The Morgan fingerprint density at radius 1 is 1.26 bits per heavy atom. The van der Waals surface area contributed by atoms with Gasteiger partial charge in [0.15, 0.2) is 0 Å². The van der Waals surface area contributed by atoms with E-state index >= 15 is 0 Å². The number of thiophene rings is 1. The minimum Gasteiger partial charge on any atom is -0.326 e. The molecule has 1 aromatic heterocycles. The highest BCUT2D eigenvalue weighted by atomic mass is 32.1. The van der Waals surface area contributed by atoms with Crippen molar-refractivity contribution in [1.29, 1.82) is 0 Å². The van der Waals surface area contributed by atoms with Gasteiger partial charge in [-0.2, -0.15) is 11.3 Å². The molecule has 2 fully saturated rings. The van der Waals surface area contributed by atoms with E-state index in [2.05, 4.69) is 28.7 Å². The zero-order valence-electron chi connectivity index (χ0n) is 11.9. The molecule has 0 saturated heterocycles. The zero-order valence-corrected chi connectivity index (χ0v) is 12.7. The van der Waals surface area contributed by atoms with Gasteiger partial charge in [-0.1, -0.05) is 6.92 Å². The number of hydrogen-bond donors (Lipinski definition) is 1. The van der Waals surface area contributed by atoms with Gasteiger partial charge in [0, 0.05) is 19.1 Å². The molecule has 2 N–H and O–H groups in total. The average molecular weight is 278 g/mol. The van der Waals surface area contributed by atoms with Crippen molar-refractivity contribution < 1.29 is 0 Å². The van der Waals surface area contributed by atoms with Gasteiger partial charge in [0.1, 0.15) is 0 Å². The van der Waals surface area contributed by atoms with E-state index in [-0.39, 0.29) is 6.04 Å². The molecule has 2 nitrogen and oxygen atoms in total. The predicted octanol–water partition coefficient (Wildman–Crippen LogP) is 3.65. The summed E-state index contributed by atoms with van der Waals surface area (Å²) in [7, 11) is 0. The molecule has 1 heterocycles. The number of rotatable bonds is 8. The molecule has 106 valence electrons. The van der Waals surface area contributed by atoms with Crippen LogP contribution in [0.25, 0.3) is 0 Å². The molecule has 0 aliphatic heterocycles. The summed E-state index contributed by atoms with van der Waals surface area (Å²) in [4.78, 5) is 2.71. The summed E-state index contributed by atoms with van der Waals surface area (Å²) in [6.45, 7) is 4.76. The van der Waals surface area contributed by atoms with Crippen LogP contribution in [-0.2, 0) is 0 Å². The van der Waals surface area contributed by atoms with Crippen molar-refractivity contribution in [1.82, 2.24) is 4.90 Å². The van der Waals surface area contributed by atoms with Gasteiger partial charge in [-0.25, -0.2) is 0 Å². The van der Waals surface area contributed by atoms with E-state index in [1.54, 1.807) is 11.3 Å². The molecule has 3 rings (SSSR count). The average Bonchev–Trinajstić information content (AvgIpc) is 3.33. The quantitative estimate of drug-likeness (QED) is 0.786. The molecule has 19 heavy (non-hydrogen) atoms. The third-order valence-corrected chi connectivity index (χ3v) is 5.24. The highest BCUT2D eigenvalue weighted by Crippen LogP contribution is 2.38. The van der Waals surface area contributed by atoms with Gasteiger partial charge >= 0.3 is 0 Å². The molecular formula is C16H26N2S. The van der Waals surface area contributed by atoms with Crippen LogP contribution in [0.1, 0.15) is 50.6 Å². The van der Waals surface area contributed by atoms with Gasteiger partial charge in [-0.05, 0) is 66.3 Å². The van der Waals surface area contributed by atoms with Crippen molar-refractivity contribution in [3.05, 3.63) is 22.4 Å². The Morgan fingerprint density at radius 3 is 2.32 bits per heavy atom. The van der Waals surface area contributed by atoms with Crippen molar-refractivity contribution in [3.63, 3.8) is 0 Å². The van der Waals surface area contributed by atoms with Crippen LogP contribution in [0.15, 0.2) is 16.8 Å². The first-order valence-corrected chi connectivity index (χ1v) is 8.74. The fourth-order valence-corrected chi connectivity index (χ4v) is 3.65. The first kappa shape index (κ1) is 13.6. The molecule has 0 amide bonds. The van der Waals surface area contributed by atoms with E-state index in [0.717, 1.165) is 18.3 Å². The first-order chi connectivity index (χ1) is 9.28. The van der Waals surface area contributed by atoms with Gasteiger partial charge < -0.3 is 5.73 Å². The van der Waals surface area contributed by atoms with Crippen molar-refractivity contribution in [3.8, 4) is 0 Å². The Labute approximate surface area is 121 Å². The molecular weight excluding hydrogens is 252 g/mol. The molecule has 0 aromatic carbocycles. The minimum atomic E-state index is 0.270. The van der Waals surface area contributed by atoms with E-state index in [9.17, 15) is 0 Å². The van der Waals surface area contributed by atoms with Crippen molar-refractivity contribution in [2.24, 2.45) is 17.6 Å². The fraction of sp³-hybridized carbons (Fsp3) is 0.750. The summed E-state index contributed by atoms with van der Waals surface area (Å²) in [6, 6.07) is 2.99. The number of nitrogens with two attached hydrogens (primary N) is 1. The smallest absolute Gasteiger partial charge is 0.0507 e. The standard InChI is InChI=1S/C16H26N2S/c1-2-15(17)16(14-7-8-19-11-14)18(9-12-3-4-12)10-13-5-6-13/h7-8,11-13,15-16H,2-6,9-10,17H2,1H3. The van der Waals surface area contributed by atoms with Gasteiger partial charge in [-0.3, -0.25) is 4.90 Å². The van der Waals surface area contributed by atoms with Crippen LogP contribution < -0.4 is 5.73 Å². The van der Waals surface area contributed by atoms with Crippen LogP contribution in [0.2, 0.25) is 0 Å². The summed E-state index contributed by atoms with van der Waals surface area (Å²) < 4.78 is 0. The Bertz CT molecular complexity index is 367. The second-order valence-corrected chi connectivity index (χ2v) is 7.19. The third-order valence-electron chi connectivity index (χ3n) is 4.53. The third kappa shape index (κ3) is 3.59. The molecule has 2 unspecified atom stereocenters. The Hall–Kier alpha value is -0.380. The number of nitrogens with zero attached hydrogens (tertiary/aromatic N) is 1. The van der Waals surface area contributed by atoms with Crippen molar-refractivity contribution in [2.75, 3.05) is 13.1 Å². The van der Waals surface area contributed by atoms with E-state index < -0.39 is 0 Å². The largest absolute Gasteiger partial charge is 0.326 e. The highest BCUT2D eigenvalue weighted by Gasteiger charge is 2.35. The van der Waals surface area contributed by atoms with Gasteiger partial charge in [-0.15, -0.1) is 0 Å². The van der Waals surface area contributed by atoms with Crippen LogP contribution in [0.4, 0.5) is 0 Å². The fourth-order valence-electron chi connectivity index (χ4n) is 2.96. The molecule has 2 atom stereocenters. The molecule has 2 aliphatic carbocycles. The predicted molar refractivity (Wildman–Crippen MR) is 82.3 cm³/mol. The maximum atomic E-state index is 6.46. The summed E-state index contributed by atoms with van der Waals surface area (Å²) >= 11 is 1.80. The zero-order chi connectivity index (χ0) is 13.2. The van der Waals surface area contributed by atoms with E-state index in [4.69, 9.17) is 5.73 Å². The molecule has 3 heteroatoms. The topological polar surface area (TPSA) is 29.3 Å². The molecule has 0 spiro atoms. The molecule has 2 aliphatic rings.